The Kier molecular flexibility index (Phi) is 5.74. The fourth-order valence-corrected chi connectivity index (χ4v) is 4.17. The van der Waals surface area contributed by atoms with Gasteiger partial charge in [0.05, 0.1) is 12.0 Å². The maximum atomic E-state index is 12.7. The molecular weight excluding hydrogens is 332 g/mol. The second-order valence-corrected chi connectivity index (χ2v) is 7.72. The summed E-state index contributed by atoms with van der Waals surface area (Å²) in [6.07, 6.45) is 0.911. The third-order valence-electron chi connectivity index (χ3n) is 4.29. The molecule has 0 atom stereocenters. The summed E-state index contributed by atoms with van der Waals surface area (Å²) < 4.78 is 26.7. The number of hydroxylamine groups is 2. The summed E-state index contributed by atoms with van der Waals surface area (Å²) in [6, 6.07) is 5.92. The van der Waals surface area contributed by atoms with E-state index in [1.165, 1.54) is 47.7 Å². The average Bonchev–Trinajstić information content (AvgIpc) is 2.60. The van der Waals surface area contributed by atoms with Gasteiger partial charge in [-0.05, 0) is 31.9 Å². The minimum absolute atomic E-state index is 0.111. The largest absolute Gasteiger partial charge is 0.295 e. The second-order valence-electron chi connectivity index (χ2n) is 5.78. The first-order chi connectivity index (χ1) is 11.3. The molecule has 0 aromatic heterocycles. The molecule has 0 unspecified atom stereocenters. The molecule has 2 rings (SSSR count). The van der Waals surface area contributed by atoms with E-state index in [-0.39, 0.29) is 35.6 Å². The van der Waals surface area contributed by atoms with Crippen LogP contribution in [0.5, 0.6) is 0 Å². The third kappa shape index (κ3) is 3.82. The van der Waals surface area contributed by atoms with Crippen LogP contribution in [0.2, 0.25) is 0 Å². The standard InChI is InChI=1S/C16H22N2O5S/c1-12(19)13-4-6-15(7-5-13)24(21,22)18-10-8-14(9-11-18)16(20)17(2)23-3/h4-7,14H,8-11H2,1-3H3. The van der Waals surface area contributed by atoms with E-state index in [4.69, 9.17) is 4.84 Å². The Labute approximate surface area is 142 Å². The van der Waals surface area contributed by atoms with Gasteiger partial charge in [-0.2, -0.15) is 4.31 Å². The number of sulfonamides is 1. The number of hydrogen-bond donors (Lipinski definition) is 0. The lowest BCUT2D eigenvalue weighted by Gasteiger charge is -2.31. The highest BCUT2D eigenvalue weighted by Gasteiger charge is 2.33. The van der Waals surface area contributed by atoms with Crippen LogP contribution in [0.1, 0.15) is 30.1 Å². The fourth-order valence-electron chi connectivity index (χ4n) is 2.70. The van der Waals surface area contributed by atoms with Crippen molar-refractivity contribution in [1.29, 1.82) is 0 Å². The lowest BCUT2D eigenvalue weighted by molar-refractivity contribution is -0.174. The van der Waals surface area contributed by atoms with E-state index in [0.717, 1.165) is 0 Å². The maximum absolute atomic E-state index is 12.7. The Morgan fingerprint density at radius 3 is 2.17 bits per heavy atom. The number of ketones is 1. The lowest BCUT2D eigenvalue weighted by atomic mass is 9.97. The van der Waals surface area contributed by atoms with Crippen molar-refractivity contribution in [3.63, 3.8) is 0 Å². The van der Waals surface area contributed by atoms with Crippen LogP contribution < -0.4 is 0 Å². The van der Waals surface area contributed by atoms with E-state index < -0.39 is 10.0 Å². The minimum Gasteiger partial charge on any atom is -0.295 e. The van der Waals surface area contributed by atoms with E-state index in [1.807, 2.05) is 0 Å². The minimum atomic E-state index is -3.61. The predicted octanol–water partition coefficient (Wildman–Crippen LogP) is 1.31. The number of amides is 1. The van der Waals surface area contributed by atoms with Gasteiger partial charge in [0.2, 0.25) is 15.9 Å². The van der Waals surface area contributed by atoms with Crippen LogP contribution >= 0.6 is 0 Å². The number of carbonyl (C=O) groups excluding carboxylic acids is 2. The topological polar surface area (TPSA) is 84.0 Å². The number of hydrogen-bond acceptors (Lipinski definition) is 5. The number of rotatable bonds is 5. The molecule has 1 aromatic rings. The first-order valence-corrected chi connectivity index (χ1v) is 9.14. The third-order valence-corrected chi connectivity index (χ3v) is 6.20. The maximum Gasteiger partial charge on any atom is 0.249 e. The van der Waals surface area contributed by atoms with Crippen molar-refractivity contribution in [2.75, 3.05) is 27.2 Å². The molecule has 132 valence electrons. The van der Waals surface area contributed by atoms with Gasteiger partial charge in [0, 0.05) is 31.6 Å². The highest BCUT2D eigenvalue weighted by molar-refractivity contribution is 7.89. The summed E-state index contributed by atoms with van der Waals surface area (Å²) >= 11 is 0. The van der Waals surface area contributed by atoms with Crippen molar-refractivity contribution in [1.82, 2.24) is 9.37 Å². The Morgan fingerprint density at radius 2 is 1.71 bits per heavy atom. The Hall–Kier alpha value is -1.77. The zero-order chi connectivity index (χ0) is 17.9. The van der Waals surface area contributed by atoms with Crippen molar-refractivity contribution < 1.29 is 22.8 Å². The van der Waals surface area contributed by atoms with Crippen molar-refractivity contribution >= 4 is 21.7 Å². The molecule has 1 fully saturated rings. The van der Waals surface area contributed by atoms with Crippen LogP contribution in [0, 0.1) is 5.92 Å². The summed E-state index contributed by atoms with van der Waals surface area (Å²) in [5.41, 5.74) is 0.473. The van der Waals surface area contributed by atoms with Crippen molar-refractivity contribution in [2.45, 2.75) is 24.7 Å². The molecule has 1 heterocycles. The molecule has 1 saturated heterocycles. The lowest BCUT2D eigenvalue weighted by Crippen LogP contribution is -2.43. The zero-order valence-corrected chi connectivity index (χ0v) is 14.9. The number of piperidine rings is 1. The Bertz CT molecular complexity index is 706. The van der Waals surface area contributed by atoms with Gasteiger partial charge in [0.15, 0.2) is 5.78 Å². The monoisotopic (exact) mass is 354 g/mol. The van der Waals surface area contributed by atoms with Crippen molar-refractivity contribution in [3.05, 3.63) is 29.8 Å². The molecule has 0 radical (unpaired) electrons. The predicted molar refractivity (Wildman–Crippen MR) is 87.7 cm³/mol. The number of carbonyl (C=O) groups is 2. The molecule has 0 bridgehead atoms. The molecule has 7 nitrogen and oxygen atoms in total. The first-order valence-electron chi connectivity index (χ1n) is 7.70. The summed E-state index contributed by atoms with van der Waals surface area (Å²) in [5, 5.41) is 1.18. The molecular formula is C16H22N2O5S. The van der Waals surface area contributed by atoms with Gasteiger partial charge in [-0.15, -0.1) is 0 Å². The van der Waals surface area contributed by atoms with E-state index in [0.29, 0.717) is 18.4 Å². The average molecular weight is 354 g/mol. The number of Topliss-reactive ketones (excluding diaryl/α,β-unsaturated/α-hetero) is 1. The molecule has 1 aromatic carbocycles. The molecule has 1 aliphatic heterocycles. The van der Waals surface area contributed by atoms with Crippen LogP contribution in [0.25, 0.3) is 0 Å². The van der Waals surface area contributed by atoms with Gasteiger partial charge in [-0.3, -0.25) is 14.4 Å². The van der Waals surface area contributed by atoms with Crippen molar-refractivity contribution in [3.8, 4) is 0 Å². The SMILES string of the molecule is CON(C)C(=O)C1CCN(S(=O)(=O)c2ccc(C(C)=O)cc2)CC1. The van der Waals surface area contributed by atoms with Crippen molar-refractivity contribution in [2.24, 2.45) is 5.92 Å². The summed E-state index contributed by atoms with van der Waals surface area (Å²) in [7, 11) is -0.651. The van der Waals surface area contributed by atoms with Gasteiger partial charge in [0.25, 0.3) is 0 Å². The van der Waals surface area contributed by atoms with Gasteiger partial charge in [-0.25, -0.2) is 13.5 Å². The molecule has 0 saturated carbocycles. The number of nitrogens with zero attached hydrogens (tertiary/aromatic N) is 2. The van der Waals surface area contributed by atoms with E-state index in [9.17, 15) is 18.0 Å². The Morgan fingerprint density at radius 1 is 1.17 bits per heavy atom. The summed E-state index contributed by atoms with van der Waals surface area (Å²) in [5.74, 6) is -0.484. The van der Waals surface area contributed by atoms with Gasteiger partial charge < -0.3 is 0 Å². The summed E-state index contributed by atoms with van der Waals surface area (Å²) in [6.45, 7) is 2.00. The molecule has 1 aliphatic rings. The van der Waals surface area contributed by atoms with Crippen LogP contribution in [0.15, 0.2) is 29.2 Å². The van der Waals surface area contributed by atoms with Crippen LogP contribution in [-0.2, 0) is 19.7 Å². The molecule has 0 N–H and O–H groups in total. The second kappa shape index (κ2) is 7.42. The highest BCUT2D eigenvalue weighted by Crippen LogP contribution is 2.25. The summed E-state index contributed by atoms with van der Waals surface area (Å²) in [4.78, 5) is 28.4. The Balaban J connectivity index is 2.07. The highest BCUT2D eigenvalue weighted by atomic mass is 32.2. The van der Waals surface area contributed by atoms with E-state index in [1.54, 1.807) is 7.05 Å². The van der Waals surface area contributed by atoms with Crippen LogP contribution in [0.4, 0.5) is 0 Å². The quantitative estimate of drug-likeness (QED) is 0.588. The zero-order valence-electron chi connectivity index (χ0n) is 14.1. The number of benzene rings is 1. The van der Waals surface area contributed by atoms with Gasteiger partial charge in [-0.1, -0.05) is 12.1 Å². The molecule has 24 heavy (non-hydrogen) atoms. The smallest absolute Gasteiger partial charge is 0.249 e. The first kappa shape index (κ1) is 18.6. The molecule has 8 heteroatoms. The van der Waals surface area contributed by atoms with Crippen LogP contribution in [-0.4, -0.2) is 56.7 Å². The molecule has 0 spiro atoms. The van der Waals surface area contributed by atoms with E-state index >= 15 is 0 Å². The van der Waals surface area contributed by atoms with Gasteiger partial charge in [0.1, 0.15) is 0 Å². The normalized spacial score (nSPS) is 16.8. The van der Waals surface area contributed by atoms with E-state index in [2.05, 4.69) is 0 Å². The van der Waals surface area contributed by atoms with Gasteiger partial charge >= 0.3 is 0 Å². The fraction of sp³-hybridized carbons (Fsp3) is 0.500. The molecule has 0 aliphatic carbocycles. The molecule has 1 amide bonds. The van der Waals surface area contributed by atoms with Crippen LogP contribution in [0.3, 0.4) is 0 Å².